The summed E-state index contributed by atoms with van der Waals surface area (Å²) in [6.07, 6.45) is 5.31. The summed E-state index contributed by atoms with van der Waals surface area (Å²) in [5.74, 6) is 0.687. The van der Waals surface area contributed by atoms with Gasteiger partial charge in [-0.15, -0.1) is 0 Å². The number of anilines is 2. The van der Waals surface area contributed by atoms with Gasteiger partial charge in [0.15, 0.2) is 0 Å². The second kappa shape index (κ2) is 7.62. The molecule has 3 rings (SSSR count). The molecule has 1 aromatic carbocycles. The van der Waals surface area contributed by atoms with Gasteiger partial charge in [-0.1, -0.05) is 6.07 Å². The van der Waals surface area contributed by atoms with Gasteiger partial charge < -0.3 is 15.5 Å². The Kier molecular flexibility index (Phi) is 5.09. The van der Waals surface area contributed by atoms with Crippen molar-refractivity contribution in [1.82, 2.24) is 15.3 Å². The Morgan fingerprint density at radius 3 is 2.92 bits per heavy atom. The summed E-state index contributed by atoms with van der Waals surface area (Å²) in [5, 5.41) is 14.8. The van der Waals surface area contributed by atoms with Crippen molar-refractivity contribution in [2.45, 2.75) is 25.8 Å². The molecule has 25 heavy (non-hydrogen) atoms. The summed E-state index contributed by atoms with van der Waals surface area (Å²) < 4.78 is 0. The first-order chi connectivity index (χ1) is 12.2. The lowest BCUT2D eigenvalue weighted by Gasteiger charge is -2.33. The minimum atomic E-state index is -0.265. The second-order valence-corrected chi connectivity index (χ2v) is 6.07. The van der Waals surface area contributed by atoms with Crippen LogP contribution in [0.5, 0.6) is 0 Å². The smallest absolute Gasteiger partial charge is 0.319 e. The van der Waals surface area contributed by atoms with E-state index in [2.05, 4.69) is 31.6 Å². The van der Waals surface area contributed by atoms with Gasteiger partial charge in [0, 0.05) is 37.2 Å². The van der Waals surface area contributed by atoms with Gasteiger partial charge in [0.2, 0.25) is 5.95 Å². The number of rotatable bonds is 3. The fourth-order valence-electron chi connectivity index (χ4n) is 2.90. The normalized spacial score (nSPS) is 16.8. The highest BCUT2D eigenvalue weighted by Gasteiger charge is 2.23. The number of carbonyl (C=O) groups excluding carboxylic acids is 1. The molecular weight excluding hydrogens is 316 g/mol. The van der Waals surface area contributed by atoms with E-state index in [1.165, 1.54) is 0 Å². The van der Waals surface area contributed by atoms with Crippen LogP contribution in [-0.4, -0.2) is 35.1 Å². The van der Waals surface area contributed by atoms with Crippen LogP contribution in [0.15, 0.2) is 36.7 Å². The highest BCUT2D eigenvalue weighted by atomic mass is 16.2. The third kappa shape index (κ3) is 4.23. The molecule has 2 heterocycles. The van der Waals surface area contributed by atoms with Crippen molar-refractivity contribution in [2.75, 3.05) is 23.3 Å². The van der Waals surface area contributed by atoms with Crippen LogP contribution < -0.4 is 15.5 Å². The van der Waals surface area contributed by atoms with Gasteiger partial charge in [-0.25, -0.2) is 14.8 Å². The average molecular weight is 336 g/mol. The van der Waals surface area contributed by atoms with E-state index in [0.717, 1.165) is 24.9 Å². The summed E-state index contributed by atoms with van der Waals surface area (Å²) in [7, 11) is 0. The van der Waals surface area contributed by atoms with E-state index in [-0.39, 0.29) is 12.1 Å². The number of amides is 2. The molecule has 0 aliphatic carbocycles. The first-order valence-electron chi connectivity index (χ1n) is 8.26. The predicted molar refractivity (Wildman–Crippen MR) is 95.3 cm³/mol. The van der Waals surface area contributed by atoms with E-state index < -0.39 is 0 Å². The zero-order valence-electron chi connectivity index (χ0n) is 14.1. The number of hydrogen-bond donors (Lipinski definition) is 2. The van der Waals surface area contributed by atoms with Crippen molar-refractivity contribution in [3.8, 4) is 6.07 Å². The Bertz CT molecular complexity index is 786. The third-order valence-corrected chi connectivity index (χ3v) is 4.21. The molecule has 1 aromatic heterocycles. The number of carbonyl (C=O) groups is 1. The summed E-state index contributed by atoms with van der Waals surface area (Å²) in [6, 6.07) is 8.86. The fraction of sp³-hybridized carbons (Fsp3) is 0.333. The lowest BCUT2D eigenvalue weighted by atomic mass is 10.1. The van der Waals surface area contributed by atoms with Crippen LogP contribution >= 0.6 is 0 Å². The number of piperidine rings is 1. The molecule has 1 saturated heterocycles. The highest BCUT2D eigenvalue weighted by molar-refractivity contribution is 5.90. The third-order valence-electron chi connectivity index (χ3n) is 4.21. The van der Waals surface area contributed by atoms with Crippen molar-refractivity contribution in [3.05, 3.63) is 47.8 Å². The SMILES string of the molecule is Cc1ccc(C#N)cc1NC(=O)N[C@@H]1CCCN(c2ncccn2)C1. The van der Waals surface area contributed by atoms with Crippen LogP contribution in [0.4, 0.5) is 16.4 Å². The molecule has 1 atom stereocenters. The molecule has 2 aromatic rings. The van der Waals surface area contributed by atoms with E-state index in [1.807, 2.05) is 13.0 Å². The van der Waals surface area contributed by atoms with Crippen molar-refractivity contribution in [2.24, 2.45) is 0 Å². The highest BCUT2D eigenvalue weighted by Crippen LogP contribution is 2.18. The zero-order valence-corrected chi connectivity index (χ0v) is 14.1. The number of aromatic nitrogens is 2. The van der Waals surface area contributed by atoms with Crippen LogP contribution in [0.25, 0.3) is 0 Å². The predicted octanol–water partition coefficient (Wildman–Crippen LogP) is 2.45. The van der Waals surface area contributed by atoms with Crippen LogP contribution in [0.1, 0.15) is 24.0 Å². The zero-order chi connectivity index (χ0) is 17.6. The van der Waals surface area contributed by atoms with Crippen LogP contribution in [0.2, 0.25) is 0 Å². The standard InChI is InChI=1S/C18H20N6O/c1-13-5-6-14(11-19)10-16(13)23-18(25)22-15-4-2-9-24(12-15)17-20-7-3-8-21-17/h3,5-8,10,15H,2,4,9,12H2,1H3,(H2,22,23,25)/t15-/m1/s1. The van der Waals surface area contributed by atoms with Gasteiger partial charge >= 0.3 is 6.03 Å². The molecular formula is C18H20N6O. The van der Waals surface area contributed by atoms with Crippen molar-refractivity contribution in [3.63, 3.8) is 0 Å². The Balaban J connectivity index is 1.60. The number of benzene rings is 1. The van der Waals surface area contributed by atoms with Crippen molar-refractivity contribution >= 4 is 17.7 Å². The summed E-state index contributed by atoms with van der Waals surface area (Å²) in [4.78, 5) is 22.9. The first kappa shape index (κ1) is 16.7. The number of nitrogens with one attached hydrogen (secondary N) is 2. The Morgan fingerprint density at radius 2 is 2.16 bits per heavy atom. The number of aryl methyl sites for hydroxylation is 1. The van der Waals surface area contributed by atoms with Gasteiger partial charge in [0.1, 0.15) is 0 Å². The molecule has 7 heteroatoms. The second-order valence-electron chi connectivity index (χ2n) is 6.07. The molecule has 128 valence electrons. The van der Waals surface area contributed by atoms with Gasteiger partial charge in [-0.2, -0.15) is 5.26 Å². The van der Waals surface area contributed by atoms with Gasteiger partial charge in [-0.3, -0.25) is 0 Å². The molecule has 0 spiro atoms. The van der Waals surface area contributed by atoms with E-state index >= 15 is 0 Å². The summed E-state index contributed by atoms with van der Waals surface area (Å²) >= 11 is 0. The average Bonchev–Trinajstić information content (AvgIpc) is 2.64. The number of nitriles is 1. The maximum atomic E-state index is 12.3. The minimum Gasteiger partial charge on any atom is -0.339 e. The minimum absolute atomic E-state index is 0.0250. The molecule has 0 bridgehead atoms. The molecule has 1 aliphatic heterocycles. The number of nitrogens with zero attached hydrogens (tertiary/aromatic N) is 4. The maximum absolute atomic E-state index is 12.3. The topological polar surface area (TPSA) is 93.9 Å². The van der Waals surface area contributed by atoms with Gasteiger partial charge in [0.25, 0.3) is 0 Å². The fourth-order valence-corrected chi connectivity index (χ4v) is 2.90. The van der Waals surface area contributed by atoms with Gasteiger partial charge in [0.05, 0.1) is 11.6 Å². The summed E-state index contributed by atoms with van der Waals surface area (Å²) in [5.41, 5.74) is 2.08. The van der Waals surface area contributed by atoms with Gasteiger partial charge in [-0.05, 0) is 43.5 Å². The molecule has 1 aliphatic rings. The van der Waals surface area contributed by atoms with Crippen LogP contribution in [0, 0.1) is 18.3 Å². The Hall–Kier alpha value is -3.14. The van der Waals surface area contributed by atoms with Crippen LogP contribution in [-0.2, 0) is 0 Å². The largest absolute Gasteiger partial charge is 0.339 e. The van der Waals surface area contributed by atoms with Crippen LogP contribution in [0.3, 0.4) is 0 Å². The van der Waals surface area contributed by atoms with Crippen molar-refractivity contribution < 1.29 is 4.79 Å². The molecule has 1 fully saturated rings. The lowest BCUT2D eigenvalue weighted by Crippen LogP contribution is -2.49. The Labute approximate surface area is 146 Å². The Morgan fingerprint density at radius 1 is 1.36 bits per heavy atom. The summed E-state index contributed by atoms with van der Waals surface area (Å²) in [6.45, 7) is 3.45. The van der Waals surface area contributed by atoms with Crippen molar-refractivity contribution in [1.29, 1.82) is 5.26 Å². The molecule has 0 unspecified atom stereocenters. The molecule has 0 saturated carbocycles. The quantitative estimate of drug-likeness (QED) is 0.898. The van der Waals surface area contributed by atoms with E-state index in [9.17, 15) is 4.79 Å². The molecule has 7 nitrogen and oxygen atoms in total. The maximum Gasteiger partial charge on any atom is 0.319 e. The van der Waals surface area contributed by atoms with E-state index in [4.69, 9.17) is 5.26 Å². The van der Waals surface area contributed by atoms with E-state index in [0.29, 0.717) is 23.7 Å². The molecule has 2 N–H and O–H groups in total. The lowest BCUT2D eigenvalue weighted by molar-refractivity contribution is 0.246. The first-order valence-corrected chi connectivity index (χ1v) is 8.26. The number of urea groups is 1. The monoisotopic (exact) mass is 336 g/mol. The van der Waals surface area contributed by atoms with E-state index in [1.54, 1.807) is 30.6 Å². The molecule has 2 amide bonds. The number of hydrogen-bond acceptors (Lipinski definition) is 5. The molecule has 0 radical (unpaired) electrons.